The first-order valence-electron chi connectivity index (χ1n) is 7.22. The fraction of sp³-hybridized carbons (Fsp3) is 0. The highest BCUT2D eigenvalue weighted by atomic mass is 15.5. The quantitative estimate of drug-likeness (QED) is 0.684. The van der Waals surface area contributed by atoms with E-state index in [1.54, 1.807) is 0 Å². The number of hydrogen-bond acceptors (Lipinski definition) is 2. The van der Waals surface area contributed by atoms with Gasteiger partial charge in [-0.1, -0.05) is 60.7 Å². The Morgan fingerprint density at radius 1 is 0.636 bits per heavy atom. The van der Waals surface area contributed by atoms with Gasteiger partial charge in [0.1, 0.15) is 0 Å². The van der Waals surface area contributed by atoms with Crippen LogP contribution in [0.15, 0.2) is 89.9 Å². The van der Waals surface area contributed by atoms with Crippen molar-refractivity contribution in [1.29, 1.82) is 0 Å². The van der Waals surface area contributed by atoms with Gasteiger partial charge >= 0.3 is 0 Å². The summed E-state index contributed by atoms with van der Waals surface area (Å²) in [6, 6.07) is 28.2. The normalized spacial score (nSPS) is 13.1. The molecule has 0 spiro atoms. The molecule has 1 aliphatic rings. The highest BCUT2D eigenvalue weighted by Gasteiger charge is 2.22. The molecule has 0 atom stereocenters. The summed E-state index contributed by atoms with van der Waals surface area (Å²) in [5, 5.41) is 1.95. The Bertz CT molecular complexity index is 810. The van der Waals surface area contributed by atoms with Gasteiger partial charge in [0.05, 0.1) is 17.1 Å². The molecule has 0 amide bonds. The molecule has 0 aliphatic carbocycles. The van der Waals surface area contributed by atoms with Crippen LogP contribution in [0.1, 0.15) is 5.56 Å². The standard InChI is InChI=1S/C19H14N3/c1-3-9-15(10-4-1)19-20-17-13-7-8-14-18(17)22(21-19)16-11-5-2-6-12-16/h1-14H. The van der Waals surface area contributed by atoms with Crippen LogP contribution in [-0.2, 0) is 0 Å². The number of aliphatic imine (C=N–C) groups is 1. The molecule has 0 aromatic heterocycles. The largest absolute Gasteiger partial charge is 0.229 e. The second-order valence-corrected chi connectivity index (χ2v) is 5.04. The summed E-state index contributed by atoms with van der Waals surface area (Å²) in [4.78, 5) is 4.70. The van der Waals surface area contributed by atoms with E-state index in [4.69, 9.17) is 10.4 Å². The third kappa shape index (κ3) is 2.23. The smallest absolute Gasteiger partial charge is 0.180 e. The molecule has 3 aromatic carbocycles. The summed E-state index contributed by atoms with van der Waals surface area (Å²) in [6.45, 7) is 0. The second-order valence-electron chi connectivity index (χ2n) is 5.04. The Balaban J connectivity index is 1.84. The van der Waals surface area contributed by atoms with E-state index in [0.29, 0.717) is 0 Å². The van der Waals surface area contributed by atoms with Crippen molar-refractivity contribution in [1.82, 2.24) is 5.43 Å². The zero-order chi connectivity index (χ0) is 14.8. The first-order chi connectivity index (χ1) is 10.9. The van der Waals surface area contributed by atoms with Crippen molar-refractivity contribution in [2.24, 2.45) is 4.99 Å². The Hall–Kier alpha value is -3.07. The number of fused-ring (bicyclic) bond motifs is 1. The zero-order valence-corrected chi connectivity index (χ0v) is 11.9. The molecule has 1 heterocycles. The fourth-order valence-electron chi connectivity index (χ4n) is 2.50. The summed E-state index contributed by atoms with van der Waals surface area (Å²) in [6.07, 6.45) is 0. The fourth-order valence-corrected chi connectivity index (χ4v) is 2.50. The third-order valence-corrected chi connectivity index (χ3v) is 3.56. The van der Waals surface area contributed by atoms with Gasteiger partial charge in [0.2, 0.25) is 0 Å². The van der Waals surface area contributed by atoms with Crippen LogP contribution in [0, 0.1) is 0 Å². The van der Waals surface area contributed by atoms with Crippen LogP contribution < -0.4 is 10.4 Å². The third-order valence-electron chi connectivity index (χ3n) is 3.56. The molecule has 0 bridgehead atoms. The maximum absolute atomic E-state index is 4.75. The van der Waals surface area contributed by atoms with Crippen molar-refractivity contribution in [2.75, 3.05) is 5.01 Å². The first-order valence-corrected chi connectivity index (χ1v) is 7.22. The first kappa shape index (κ1) is 12.7. The van der Waals surface area contributed by atoms with E-state index in [9.17, 15) is 0 Å². The molecule has 3 heteroatoms. The minimum absolute atomic E-state index is 0.725. The van der Waals surface area contributed by atoms with Gasteiger partial charge < -0.3 is 0 Å². The SMILES string of the molecule is c1ccc(C2=Nc3ccccc3N(c3ccccc3)[N]2)cc1. The minimum Gasteiger partial charge on any atom is -0.229 e. The van der Waals surface area contributed by atoms with E-state index in [1.165, 1.54) is 0 Å². The number of para-hydroxylation sites is 3. The lowest BCUT2D eigenvalue weighted by Crippen LogP contribution is -2.35. The predicted molar refractivity (Wildman–Crippen MR) is 89.8 cm³/mol. The molecule has 0 unspecified atom stereocenters. The van der Waals surface area contributed by atoms with Crippen molar-refractivity contribution in [3.63, 3.8) is 0 Å². The minimum atomic E-state index is 0.725. The molecule has 0 N–H and O–H groups in total. The monoisotopic (exact) mass is 284 g/mol. The van der Waals surface area contributed by atoms with Crippen LogP contribution in [-0.4, -0.2) is 5.84 Å². The Labute approximate surface area is 129 Å². The van der Waals surface area contributed by atoms with E-state index in [1.807, 2.05) is 89.9 Å². The van der Waals surface area contributed by atoms with E-state index >= 15 is 0 Å². The topological polar surface area (TPSA) is 29.7 Å². The van der Waals surface area contributed by atoms with Crippen molar-refractivity contribution in [2.45, 2.75) is 0 Å². The van der Waals surface area contributed by atoms with Gasteiger partial charge in [-0.15, -0.1) is 5.43 Å². The maximum Gasteiger partial charge on any atom is 0.180 e. The van der Waals surface area contributed by atoms with Crippen molar-refractivity contribution < 1.29 is 0 Å². The summed E-state index contributed by atoms with van der Waals surface area (Å²) < 4.78 is 0. The number of benzene rings is 3. The molecule has 4 rings (SSSR count). The molecule has 105 valence electrons. The lowest BCUT2D eigenvalue weighted by molar-refractivity contribution is 0.898. The number of rotatable bonds is 2. The molecular formula is C19H14N3. The summed E-state index contributed by atoms with van der Waals surface area (Å²) in [7, 11) is 0. The number of hydrogen-bond donors (Lipinski definition) is 0. The summed E-state index contributed by atoms with van der Waals surface area (Å²) in [5.74, 6) is 0.725. The van der Waals surface area contributed by atoms with Gasteiger partial charge in [-0.2, -0.15) is 0 Å². The molecular weight excluding hydrogens is 270 g/mol. The van der Waals surface area contributed by atoms with E-state index < -0.39 is 0 Å². The number of nitrogens with zero attached hydrogens (tertiary/aromatic N) is 3. The summed E-state index contributed by atoms with van der Waals surface area (Å²) in [5.41, 5.74) is 8.71. The van der Waals surface area contributed by atoms with Gasteiger partial charge in [0, 0.05) is 5.56 Å². The number of anilines is 2. The van der Waals surface area contributed by atoms with Crippen LogP contribution in [0.3, 0.4) is 0 Å². The van der Waals surface area contributed by atoms with E-state index in [2.05, 4.69) is 0 Å². The van der Waals surface area contributed by atoms with E-state index in [0.717, 1.165) is 28.5 Å². The Morgan fingerprint density at radius 2 is 1.27 bits per heavy atom. The molecule has 22 heavy (non-hydrogen) atoms. The molecule has 3 nitrogen and oxygen atoms in total. The Morgan fingerprint density at radius 3 is 2.05 bits per heavy atom. The van der Waals surface area contributed by atoms with Crippen LogP contribution >= 0.6 is 0 Å². The Kier molecular flexibility index (Phi) is 3.09. The lowest BCUT2D eigenvalue weighted by atomic mass is 10.1. The van der Waals surface area contributed by atoms with Gasteiger partial charge in [0.25, 0.3) is 0 Å². The molecule has 3 aromatic rings. The highest BCUT2D eigenvalue weighted by Crippen LogP contribution is 2.36. The molecule has 1 radical (unpaired) electrons. The highest BCUT2D eigenvalue weighted by molar-refractivity contribution is 6.04. The predicted octanol–water partition coefficient (Wildman–Crippen LogP) is 4.44. The van der Waals surface area contributed by atoms with Gasteiger partial charge in [-0.05, 0) is 24.3 Å². The molecule has 0 saturated heterocycles. The van der Waals surface area contributed by atoms with Crippen LogP contribution in [0.5, 0.6) is 0 Å². The van der Waals surface area contributed by atoms with Crippen molar-refractivity contribution >= 4 is 22.9 Å². The van der Waals surface area contributed by atoms with E-state index in [-0.39, 0.29) is 0 Å². The van der Waals surface area contributed by atoms with Gasteiger partial charge in [-0.25, -0.2) is 10.0 Å². The van der Waals surface area contributed by atoms with Crippen LogP contribution in [0.2, 0.25) is 0 Å². The average Bonchev–Trinajstić information content (AvgIpc) is 2.62. The van der Waals surface area contributed by atoms with Gasteiger partial charge in [0.15, 0.2) is 5.84 Å². The number of amidine groups is 1. The van der Waals surface area contributed by atoms with Crippen LogP contribution in [0.25, 0.3) is 0 Å². The van der Waals surface area contributed by atoms with Crippen molar-refractivity contribution in [3.8, 4) is 0 Å². The second kappa shape index (κ2) is 5.37. The van der Waals surface area contributed by atoms with Crippen molar-refractivity contribution in [3.05, 3.63) is 90.5 Å². The van der Waals surface area contributed by atoms with Gasteiger partial charge in [-0.3, -0.25) is 0 Å². The van der Waals surface area contributed by atoms with Crippen LogP contribution in [0.4, 0.5) is 17.1 Å². The molecule has 0 saturated carbocycles. The lowest BCUT2D eigenvalue weighted by Gasteiger charge is -2.28. The molecule has 1 aliphatic heterocycles. The summed E-state index contributed by atoms with van der Waals surface area (Å²) >= 11 is 0. The molecule has 0 fully saturated rings. The average molecular weight is 284 g/mol. The zero-order valence-electron chi connectivity index (χ0n) is 11.9. The maximum atomic E-state index is 4.75.